The number of pyridine rings is 1. The largest absolute Gasteiger partial charge is 0.474 e. The van der Waals surface area contributed by atoms with Crippen molar-refractivity contribution in [2.45, 2.75) is 51.2 Å². The zero-order valence-corrected chi connectivity index (χ0v) is 13.2. The summed E-state index contributed by atoms with van der Waals surface area (Å²) >= 11 is 0. The average Bonchev–Trinajstić information content (AvgIpc) is 3.25. The fourth-order valence-electron chi connectivity index (χ4n) is 2.80. The van der Waals surface area contributed by atoms with Crippen molar-refractivity contribution in [3.8, 4) is 5.88 Å². The maximum Gasteiger partial charge on any atom is 0.220 e. The van der Waals surface area contributed by atoms with Crippen LogP contribution in [-0.2, 0) is 17.8 Å². The van der Waals surface area contributed by atoms with Gasteiger partial charge in [-0.05, 0) is 43.9 Å². The highest BCUT2D eigenvalue weighted by atomic mass is 16.5. The fraction of sp³-hybridized carbons (Fsp3) is 0.444. The van der Waals surface area contributed by atoms with Crippen molar-refractivity contribution in [1.29, 1.82) is 0 Å². The molecule has 0 bridgehead atoms. The number of rotatable bonds is 7. The van der Waals surface area contributed by atoms with E-state index >= 15 is 0 Å². The Kier molecular flexibility index (Phi) is 5.29. The minimum absolute atomic E-state index is 0.00271. The molecule has 2 heterocycles. The lowest BCUT2D eigenvalue weighted by atomic mass is 10.2. The highest BCUT2D eigenvalue weighted by Gasteiger charge is 2.18. The lowest BCUT2D eigenvalue weighted by Crippen LogP contribution is -2.24. The van der Waals surface area contributed by atoms with E-state index in [2.05, 4.69) is 10.3 Å². The second kappa shape index (κ2) is 7.81. The van der Waals surface area contributed by atoms with Crippen LogP contribution >= 0.6 is 0 Å². The molecule has 3 rings (SSSR count). The molecule has 2 aromatic heterocycles. The molecular formula is C18H22N2O3. The second-order valence-electron chi connectivity index (χ2n) is 5.85. The zero-order valence-electron chi connectivity index (χ0n) is 13.2. The van der Waals surface area contributed by atoms with Gasteiger partial charge in [0.15, 0.2) is 0 Å². The fourth-order valence-corrected chi connectivity index (χ4v) is 2.80. The molecule has 23 heavy (non-hydrogen) atoms. The second-order valence-corrected chi connectivity index (χ2v) is 5.85. The molecule has 0 saturated heterocycles. The molecule has 5 nitrogen and oxygen atoms in total. The van der Waals surface area contributed by atoms with Crippen LogP contribution in [0.15, 0.2) is 41.1 Å². The summed E-state index contributed by atoms with van der Waals surface area (Å²) in [5.74, 6) is 1.47. The van der Waals surface area contributed by atoms with Gasteiger partial charge in [0.05, 0.1) is 6.26 Å². The Morgan fingerprint density at radius 2 is 2.17 bits per heavy atom. The number of ether oxygens (including phenoxy) is 1. The number of aryl methyl sites for hydroxylation is 1. The van der Waals surface area contributed by atoms with Crippen LogP contribution in [0.2, 0.25) is 0 Å². The Morgan fingerprint density at radius 1 is 1.30 bits per heavy atom. The van der Waals surface area contributed by atoms with E-state index in [0.717, 1.165) is 24.2 Å². The van der Waals surface area contributed by atoms with Gasteiger partial charge in [0.25, 0.3) is 0 Å². The van der Waals surface area contributed by atoms with Crippen LogP contribution in [-0.4, -0.2) is 17.0 Å². The third-order valence-electron chi connectivity index (χ3n) is 4.09. The van der Waals surface area contributed by atoms with Gasteiger partial charge in [-0.2, -0.15) is 0 Å². The van der Waals surface area contributed by atoms with Crippen molar-refractivity contribution in [2.75, 3.05) is 0 Å². The van der Waals surface area contributed by atoms with E-state index in [1.54, 1.807) is 12.5 Å². The number of hydrogen-bond donors (Lipinski definition) is 1. The van der Waals surface area contributed by atoms with Crippen LogP contribution in [0.5, 0.6) is 5.88 Å². The molecule has 1 aliphatic carbocycles. The smallest absolute Gasteiger partial charge is 0.220 e. The summed E-state index contributed by atoms with van der Waals surface area (Å²) < 4.78 is 11.2. The Balaban J connectivity index is 1.50. The number of nitrogens with one attached hydrogen (secondary N) is 1. The van der Waals surface area contributed by atoms with Crippen molar-refractivity contribution >= 4 is 5.91 Å². The van der Waals surface area contributed by atoms with Gasteiger partial charge >= 0.3 is 0 Å². The number of hydrogen-bond acceptors (Lipinski definition) is 4. The molecular weight excluding hydrogens is 292 g/mol. The summed E-state index contributed by atoms with van der Waals surface area (Å²) in [4.78, 5) is 16.3. The van der Waals surface area contributed by atoms with Crippen molar-refractivity contribution < 1.29 is 13.9 Å². The third-order valence-corrected chi connectivity index (χ3v) is 4.09. The van der Waals surface area contributed by atoms with Crippen molar-refractivity contribution in [3.63, 3.8) is 0 Å². The topological polar surface area (TPSA) is 64.4 Å². The molecule has 5 heteroatoms. The molecule has 0 radical (unpaired) electrons. The summed E-state index contributed by atoms with van der Waals surface area (Å²) in [5.41, 5.74) is 0.922. The Hall–Kier alpha value is -2.30. The molecule has 0 unspecified atom stereocenters. The summed E-state index contributed by atoms with van der Waals surface area (Å²) in [5, 5.41) is 2.93. The first-order chi connectivity index (χ1) is 11.3. The summed E-state index contributed by atoms with van der Waals surface area (Å²) in [7, 11) is 0. The van der Waals surface area contributed by atoms with Gasteiger partial charge in [0.1, 0.15) is 11.9 Å². The van der Waals surface area contributed by atoms with E-state index in [0.29, 0.717) is 25.3 Å². The zero-order chi connectivity index (χ0) is 15.9. The highest BCUT2D eigenvalue weighted by Crippen LogP contribution is 2.24. The summed E-state index contributed by atoms with van der Waals surface area (Å²) in [6.45, 7) is 0.437. The molecule has 1 amide bonds. The Labute approximate surface area is 136 Å². The van der Waals surface area contributed by atoms with Crippen molar-refractivity contribution in [1.82, 2.24) is 10.3 Å². The van der Waals surface area contributed by atoms with E-state index < -0.39 is 0 Å². The lowest BCUT2D eigenvalue weighted by molar-refractivity contribution is -0.121. The van der Waals surface area contributed by atoms with Gasteiger partial charge in [-0.3, -0.25) is 4.79 Å². The highest BCUT2D eigenvalue weighted by molar-refractivity contribution is 5.76. The molecule has 1 fully saturated rings. The van der Waals surface area contributed by atoms with Crippen LogP contribution in [0, 0.1) is 0 Å². The van der Waals surface area contributed by atoms with E-state index in [-0.39, 0.29) is 12.0 Å². The van der Waals surface area contributed by atoms with Gasteiger partial charge < -0.3 is 14.5 Å². The normalized spacial score (nSPS) is 14.8. The minimum atomic E-state index is -0.00271. The van der Waals surface area contributed by atoms with Crippen molar-refractivity contribution in [2.24, 2.45) is 0 Å². The number of carbonyl (C=O) groups is 1. The Bertz CT molecular complexity index is 619. The van der Waals surface area contributed by atoms with Crippen LogP contribution in [0.3, 0.4) is 0 Å². The molecule has 1 N–H and O–H groups in total. The quantitative estimate of drug-likeness (QED) is 0.852. The van der Waals surface area contributed by atoms with E-state index in [4.69, 9.17) is 9.15 Å². The molecule has 2 aromatic rings. The van der Waals surface area contributed by atoms with E-state index in [1.807, 2.05) is 24.3 Å². The number of furan rings is 1. The minimum Gasteiger partial charge on any atom is -0.474 e. The van der Waals surface area contributed by atoms with Crippen LogP contribution in [0.25, 0.3) is 0 Å². The number of aromatic nitrogens is 1. The first-order valence-electron chi connectivity index (χ1n) is 8.21. The van der Waals surface area contributed by atoms with E-state index in [1.165, 1.54) is 12.8 Å². The maximum absolute atomic E-state index is 12.0. The lowest BCUT2D eigenvalue weighted by Gasteiger charge is -2.15. The molecule has 1 aliphatic rings. The van der Waals surface area contributed by atoms with Crippen molar-refractivity contribution in [3.05, 3.63) is 48.0 Å². The molecule has 122 valence electrons. The number of nitrogens with zero attached hydrogens (tertiary/aromatic N) is 1. The molecule has 0 aromatic carbocycles. The maximum atomic E-state index is 12.0. The standard InChI is InChI=1S/C18H22N2O3/c21-17(10-9-15-8-4-12-22-15)20-13-14-5-3-11-19-18(14)23-16-6-1-2-7-16/h3-5,8,11-12,16H,1-2,6-7,9-10,13H2,(H,20,21). The molecule has 0 spiro atoms. The van der Waals surface area contributed by atoms with Gasteiger partial charge in [-0.15, -0.1) is 0 Å². The SMILES string of the molecule is O=C(CCc1ccco1)NCc1cccnc1OC1CCCC1. The molecule has 1 saturated carbocycles. The summed E-state index contributed by atoms with van der Waals surface area (Å²) in [6, 6.07) is 7.52. The first-order valence-corrected chi connectivity index (χ1v) is 8.21. The third kappa shape index (κ3) is 4.58. The average molecular weight is 314 g/mol. The number of carbonyl (C=O) groups excluding carboxylic acids is 1. The van der Waals surface area contributed by atoms with Gasteiger partial charge in [-0.25, -0.2) is 4.98 Å². The Morgan fingerprint density at radius 3 is 2.96 bits per heavy atom. The number of amides is 1. The van der Waals surface area contributed by atoms with Gasteiger partial charge in [-0.1, -0.05) is 6.07 Å². The van der Waals surface area contributed by atoms with Crippen LogP contribution in [0.4, 0.5) is 0 Å². The van der Waals surface area contributed by atoms with Gasteiger partial charge in [0.2, 0.25) is 11.8 Å². The monoisotopic (exact) mass is 314 g/mol. The molecule has 0 atom stereocenters. The van der Waals surface area contributed by atoms with Crippen LogP contribution < -0.4 is 10.1 Å². The summed E-state index contributed by atoms with van der Waals surface area (Å²) in [6.07, 6.45) is 9.24. The van der Waals surface area contributed by atoms with E-state index in [9.17, 15) is 4.79 Å². The molecule has 0 aliphatic heterocycles. The predicted octanol–water partition coefficient (Wildman–Crippen LogP) is 3.25. The van der Waals surface area contributed by atoms with Crippen LogP contribution in [0.1, 0.15) is 43.4 Å². The predicted molar refractivity (Wildman–Crippen MR) is 86.0 cm³/mol. The first kappa shape index (κ1) is 15.6. The van der Waals surface area contributed by atoms with Gasteiger partial charge in [0, 0.05) is 31.1 Å².